The van der Waals surface area contributed by atoms with Crippen molar-refractivity contribution in [3.63, 3.8) is 0 Å². The molecule has 8 nitrogen and oxygen atoms in total. The van der Waals surface area contributed by atoms with Gasteiger partial charge in [0, 0.05) is 35.9 Å². The van der Waals surface area contributed by atoms with Crippen molar-refractivity contribution in [1.29, 1.82) is 0 Å². The van der Waals surface area contributed by atoms with Gasteiger partial charge in [-0.1, -0.05) is 25.5 Å². The molecule has 0 radical (unpaired) electrons. The van der Waals surface area contributed by atoms with Crippen LogP contribution in [0.5, 0.6) is 0 Å². The number of carbonyl (C=O) groups excluding carboxylic acids is 4. The summed E-state index contributed by atoms with van der Waals surface area (Å²) < 4.78 is 0. The molecule has 3 heterocycles. The molecule has 2 atom stereocenters. The van der Waals surface area contributed by atoms with Gasteiger partial charge in [0.1, 0.15) is 6.04 Å². The Morgan fingerprint density at radius 2 is 1.94 bits per heavy atom. The second-order valence-electron chi connectivity index (χ2n) is 10.3. The van der Waals surface area contributed by atoms with E-state index in [1.807, 2.05) is 11.0 Å². The maximum atomic E-state index is 13.6. The Bertz CT molecular complexity index is 1280. The lowest BCUT2D eigenvalue weighted by Gasteiger charge is -2.29. The summed E-state index contributed by atoms with van der Waals surface area (Å²) in [7, 11) is 0. The fourth-order valence-electron chi connectivity index (χ4n) is 6.02. The molecule has 1 saturated heterocycles. The van der Waals surface area contributed by atoms with Crippen molar-refractivity contribution in [3.05, 3.63) is 58.7 Å². The van der Waals surface area contributed by atoms with Crippen LogP contribution in [0.2, 0.25) is 0 Å². The zero-order chi connectivity index (χ0) is 25.0. The van der Waals surface area contributed by atoms with E-state index in [0.29, 0.717) is 23.6 Å². The molecule has 3 aliphatic heterocycles. The number of hydrogen-bond acceptors (Lipinski definition) is 4. The third kappa shape index (κ3) is 3.85. The predicted molar refractivity (Wildman–Crippen MR) is 135 cm³/mol. The molecule has 0 bridgehead atoms. The first-order valence-electron chi connectivity index (χ1n) is 12.9. The molecule has 6 rings (SSSR count). The summed E-state index contributed by atoms with van der Waals surface area (Å²) >= 11 is 0. The van der Waals surface area contributed by atoms with E-state index >= 15 is 0 Å². The molecule has 4 aliphatic rings. The first-order valence-corrected chi connectivity index (χ1v) is 12.9. The summed E-state index contributed by atoms with van der Waals surface area (Å²) in [5.41, 5.74) is 5.64. The van der Waals surface area contributed by atoms with Crippen LogP contribution in [0.3, 0.4) is 0 Å². The minimum atomic E-state index is -0.655. The summed E-state index contributed by atoms with van der Waals surface area (Å²) in [6.07, 6.45) is 5.82. The van der Waals surface area contributed by atoms with Gasteiger partial charge in [-0.25, -0.2) is 4.79 Å². The van der Waals surface area contributed by atoms with E-state index in [0.717, 1.165) is 30.5 Å². The van der Waals surface area contributed by atoms with Gasteiger partial charge in [-0.3, -0.25) is 24.6 Å². The number of benzene rings is 2. The Morgan fingerprint density at radius 1 is 1.11 bits per heavy atom. The monoisotopic (exact) mass is 486 g/mol. The molecule has 36 heavy (non-hydrogen) atoms. The van der Waals surface area contributed by atoms with Crippen LogP contribution in [0.25, 0.3) is 0 Å². The largest absolute Gasteiger partial charge is 0.326 e. The minimum absolute atomic E-state index is 0.129. The lowest BCUT2D eigenvalue weighted by molar-refractivity contribution is -0.136. The number of urea groups is 1. The predicted octanol–water partition coefficient (Wildman–Crippen LogP) is 4.09. The lowest BCUT2D eigenvalue weighted by atomic mass is 9.98. The molecule has 0 spiro atoms. The highest BCUT2D eigenvalue weighted by Crippen LogP contribution is 2.47. The zero-order valence-corrected chi connectivity index (χ0v) is 20.4. The number of anilines is 2. The highest BCUT2D eigenvalue weighted by Gasteiger charge is 2.40. The number of piperidine rings is 1. The Morgan fingerprint density at radius 3 is 2.69 bits per heavy atom. The van der Waals surface area contributed by atoms with Gasteiger partial charge in [0.05, 0.1) is 0 Å². The first kappa shape index (κ1) is 22.8. The van der Waals surface area contributed by atoms with Crippen molar-refractivity contribution in [3.8, 4) is 0 Å². The Hall–Kier alpha value is -3.68. The molecular weight excluding hydrogens is 456 g/mol. The summed E-state index contributed by atoms with van der Waals surface area (Å²) in [6.45, 7) is 2.42. The van der Waals surface area contributed by atoms with E-state index in [9.17, 15) is 19.2 Å². The second-order valence-corrected chi connectivity index (χ2v) is 10.3. The van der Waals surface area contributed by atoms with E-state index in [-0.39, 0.29) is 36.9 Å². The molecule has 2 aromatic carbocycles. The SMILES string of the molecule is CCC[C@@H]1Cc2c(C3CC3)cccc2N1C(=O)Nc1ccc2c(c1)CN(C1CCC(=O)NC1=O)C2=O. The zero-order valence-electron chi connectivity index (χ0n) is 20.4. The number of imide groups is 1. The number of rotatable bonds is 5. The number of carbonyl (C=O) groups is 4. The van der Waals surface area contributed by atoms with Crippen LogP contribution in [0.1, 0.15) is 78.4 Å². The average Bonchev–Trinajstić information content (AvgIpc) is 3.55. The quantitative estimate of drug-likeness (QED) is 0.622. The van der Waals surface area contributed by atoms with E-state index in [1.165, 1.54) is 28.9 Å². The van der Waals surface area contributed by atoms with Crippen molar-refractivity contribution in [2.75, 3.05) is 10.2 Å². The number of nitrogens with one attached hydrogen (secondary N) is 2. The molecular formula is C28H30N4O4. The maximum Gasteiger partial charge on any atom is 0.326 e. The molecule has 1 unspecified atom stereocenters. The highest BCUT2D eigenvalue weighted by atomic mass is 16.2. The lowest BCUT2D eigenvalue weighted by Crippen LogP contribution is -2.52. The third-order valence-corrected chi connectivity index (χ3v) is 7.88. The summed E-state index contributed by atoms with van der Waals surface area (Å²) in [6, 6.07) is 10.9. The highest BCUT2D eigenvalue weighted by molar-refractivity contribution is 6.07. The van der Waals surface area contributed by atoms with Crippen molar-refractivity contribution in [1.82, 2.24) is 10.2 Å². The van der Waals surface area contributed by atoms with Crippen LogP contribution in [0.4, 0.5) is 16.2 Å². The van der Waals surface area contributed by atoms with Crippen molar-refractivity contribution >= 4 is 35.1 Å². The number of fused-ring (bicyclic) bond motifs is 2. The van der Waals surface area contributed by atoms with Crippen molar-refractivity contribution in [2.24, 2.45) is 0 Å². The second kappa shape index (κ2) is 8.76. The van der Waals surface area contributed by atoms with Gasteiger partial charge in [0.15, 0.2) is 0 Å². The van der Waals surface area contributed by atoms with Crippen LogP contribution in [0, 0.1) is 0 Å². The fraction of sp³-hybridized carbons (Fsp3) is 0.429. The number of hydrogen-bond donors (Lipinski definition) is 2. The van der Waals surface area contributed by atoms with Gasteiger partial charge in [0.2, 0.25) is 11.8 Å². The number of nitrogens with zero attached hydrogens (tertiary/aromatic N) is 2. The van der Waals surface area contributed by atoms with E-state index < -0.39 is 11.9 Å². The van der Waals surface area contributed by atoms with Crippen LogP contribution in [-0.4, -0.2) is 40.7 Å². The Labute approximate surface area is 210 Å². The summed E-state index contributed by atoms with van der Waals surface area (Å²) in [4.78, 5) is 53.8. The average molecular weight is 487 g/mol. The standard InChI is InChI=1S/C28H30N4O4/c1-2-4-19-14-22-20(16-7-8-16)5-3-6-23(22)32(19)28(36)29-18-9-10-21-17(13-18)15-31(27(21)35)24-11-12-25(33)30-26(24)34/h3,5-6,9-10,13,16,19,24H,2,4,7-8,11-12,14-15H2,1H3,(H,29,36)(H,30,33,34)/t19-,24?/m1/s1. The van der Waals surface area contributed by atoms with Gasteiger partial charge in [0.25, 0.3) is 5.91 Å². The van der Waals surface area contributed by atoms with Crippen LogP contribution >= 0.6 is 0 Å². The summed E-state index contributed by atoms with van der Waals surface area (Å²) in [5.74, 6) is -0.325. The van der Waals surface area contributed by atoms with Gasteiger partial charge in [-0.05, 0) is 79.0 Å². The molecule has 8 heteroatoms. The third-order valence-electron chi connectivity index (χ3n) is 7.88. The molecule has 186 valence electrons. The fourth-order valence-corrected chi connectivity index (χ4v) is 6.02. The van der Waals surface area contributed by atoms with Gasteiger partial charge in [-0.2, -0.15) is 0 Å². The van der Waals surface area contributed by atoms with Crippen LogP contribution in [0.15, 0.2) is 36.4 Å². The molecule has 2 N–H and O–H groups in total. The Kier molecular flexibility index (Phi) is 5.54. The smallest absolute Gasteiger partial charge is 0.322 e. The first-order chi connectivity index (χ1) is 17.4. The van der Waals surface area contributed by atoms with E-state index in [1.54, 1.807) is 12.1 Å². The molecule has 0 aromatic heterocycles. The van der Waals surface area contributed by atoms with Gasteiger partial charge in [-0.15, -0.1) is 0 Å². The normalized spacial score (nSPS) is 23.0. The topological polar surface area (TPSA) is 98.8 Å². The van der Waals surface area contributed by atoms with Crippen LogP contribution < -0.4 is 15.5 Å². The molecule has 2 fully saturated rings. The number of amides is 5. The molecule has 2 aromatic rings. The van der Waals surface area contributed by atoms with E-state index in [4.69, 9.17) is 0 Å². The Balaban J connectivity index is 1.22. The molecule has 5 amide bonds. The van der Waals surface area contributed by atoms with Gasteiger partial charge < -0.3 is 10.2 Å². The molecule has 1 aliphatic carbocycles. The summed E-state index contributed by atoms with van der Waals surface area (Å²) in [5, 5.41) is 5.39. The maximum absolute atomic E-state index is 13.6. The molecule has 1 saturated carbocycles. The van der Waals surface area contributed by atoms with Gasteiger partial charge >= 0.3 is 6.03 Å². The minimum Gasteiger partial charge on any atom is -0.322 e. The van der Waals surface area contributed by atoms with E-state index in [2.05, 4.69) is 35.8 Å². The van der Waals surface area contributed by atoms with Crippen LogP contribution in [-0.2, 0) is 22.6 Å². The van der Waals surface area contributed by atoms with Crippen molar-refractivity contribution < 1.29 is 19.2 Å². The van der Waals surface area contributed by atoms with Crippen molar-refractivity contribution in [2.45, 2.75) is 76.4 Å².